The van der Waals surface area contributed by atoms with Crippen molar-refractivity contribution in [2.45, 2.75) is 58.9 Å². The van der Waals surface area contributed by atoms with Crippen LogP contribution >= 0.6 is 0 Å². The Bertz CT molecular complexity index is 347. The third-order valence-electron chi connectivity index (χ3n) is 4.52. The van der Waals surface area contributed by atoms with Crippen LogP contribution in [0, 0.1) is 11.3 Å². The van der Waals surface area contributed by atoms with Crippen LogP contribution in [0.5, 0.6) is 0 Å². The zero-order valence-corrected chi connectivity index (χ0v) is 13.1. The van der Waals surface area contributed by atoms with E-state index in [1.54, 1.807) is 25.8 Å². The molecule has 1 rings (SSSR count). The molecule has 2 N–H and O–H groups in total. The van der Waals surface area contributed by atoms with Crippen molar-refractivity contribution in [3.05, 3.63) is 0 Å². The fourth-order valence-electron chi connectivity index (χ4n) is 2.60. The van der Waals surface area contributed by atoms with E-state index in [-0.39, 0.29) is 18.6 Å². The number of nitrogens with one attached hydrogen (secondary N) is 1. The highest BCUT2D eigenvalue weighted by molar-refractivity contribution is 5.77. The van der Waals surface area contributed by atoms with Gasteiger partial charge >= 0.3 is 12.0 Å². The first kappa shape index (κ1) is 16.8. The first-order chi connectivity index (χ1) is 9.27. The van der Waals surface area contributed by atoms with Gasteiger partial charge in [-0.2, -0.15) is 0 Å². The number of carbonyl (C=O) groups excluding carboxylic acids is 1. The van der Waals surface area contributed by atoms with Crippen molar-refractivity contribution in [1.82, 2.24) is 10.2 Å². The molecule has 1 fully saturated rings. The standard InChI is InChI=1S/C15H28N2O3/c1-5-11-6-8-12(9-7-11)17(4)14(20)16-10-15(2,3)13(18)19/h11-12H,5-10H2,1-4H3,(H,16,20)(H,18,19). The Morgan fingerprint density at radius 2 is 1.80 bits per heavy atom. The largest absolute Gasteiger partial charge is 0.481 e. The molecule has 0 aliphatic heterocycles. The van der Waals surface area contributed by atoms with Gasteiger partial charge in [-0.15, -0.1) is 0 Å². The summed E-state index contributed by atoms with van der Waals surface area (Å²) in [7, 11) is 1.81. The monoisotopic (exact) mass is 284 g/mol. The number of carboxylic acids is 1. The second-order valence-electron chi connectivity index (χ2n) is 6.54. The van der Waals surface area contributed by atoms with Crippen LogP contribution in [0.2, 0.25) is 0 Å². The summed E-state index contributed by atoms with van der Waals surface area (Å²) in [5.74, 6) is -0.0995. The minimum absolute atomic E-state index is 0.149. The Labute approximate surface area is 121 Å². The minimum atomic E-state index is -0.934. The number of carbonyl (C=O) groups is 2. The Morgan fingerprint density at radius 1 is 1.25 bits per heavy atom. The molecule has 1 aliphatic carbocycles. The van der Waals surface area contributed by atoms with Gasteiger partial charge < -0.3 is 15.3 Å². The van der Waals surface area contributed by atoms with Crippen LogP contribution in [0.25, 0.3) is 0 Å². The summed E-state index contributed by atoms with van der Waals surface area (Å²) in [5, 5.41) is 11.8. The van der Waals surface area contributed by atoms with Gasteiger partial charge in [0.25, 0.3) is 0 Å². The molecule has 0 aromatic heterocycles. The lowest BCUT2D eigenvalue weighted by Gasteiger charge is -2.35. The number of nitrogens with zero attached hydrogens (tertiary/aromatic N) is 1. The van der Waals surface area contributed by atoms with Gasteiger partial charge in [0, 0.05) is 19.6 Å². The maximum absolute atomic E-state index is 12.1. The number of urea groups is 1. The van der Waals surface area contributed by atoms with Crippen LogP contribution in [0.3, 0.4) is 0 Å². The molecule has 0 spiro atoms. The zero-order valence-electron chi connectivity index (χ0n) is 13.1. The zero-order chi connectivity index (χ0) is 15.3. The number of carboxylic acid groups (broad SMARTS) is 1. The Morgan fingerprint density at radius 3 is 2.25 bits per heavy atom. The molecule has 1 aliphatic rings. The Hall–Kier alpha value is -1.26. The molecule has 0 aromatic rings. The summed E-state index contributed by atoms with van der Waals surface area (Å²) < 4.78 is 0. The van der Waals surface area contributed by atoms with E-state index >= 15 is 0 Å². The highest BCUT2D eigenvalue weighted by Crippen LogP contribution is 2.29. The fourth-order valence-corrected chi connectivity index (χ4v) is 2.60. The SMILES string of the molecule is CCC1CCC(N(C)C(=O)NCC(C)(C)C(=O)O)CC1. The first-order valence-electron chi connectivity index (χ1n) is 7.52. The van der Waals surface area contributed by atoms with E-state index in [2.05, 4.69) is 12.2 Å². The summed E-state index contributed by atoms with van der Waals surface area (Å²) in [6.45, 7) is 5.59. The van der Waals surface area contributed by atoms with Crippen molar-refractivity contribution < 1.29 is 14.7 Å². The van der Waals surface area contributed by atoms with E-state index in [4.69, 9.17) is 5.11 Å². The minimum Gasteiger partial charge on any atom is -0.481 e. The molecule has 0 unspecified atom stereocenters. The van der Waals surface area contributed by atoms with Crippen LogP contribution in [0.15, 0.2) is 0 Å². The second-order valence-corrected chi connectivity index (χ2v) is 6.54. The lowest BCUT2D eigenvalue weighted by Crippen LogP contribution is -2.48. The number of amides is 2. The number of hydrogen-bond acceptors (Lipinski definition) is 2. The highest BCUT2D eigenvalue weighted by Gasteiger charge is 2.30. The van der Waals surface area contributed by atoms with Gasteiger partial charge in [0.2, 0.25) is 0 Å². The van der Waals surface area contributed by atoms with Gasteiger partial charge in [-0.3, -0.25) is 4.79 Å². The molecule has 0 saturated heterocycles. The predicted octanol–water partition coefficient (Wildman–Crippen LogP) is 2.71. The average molecular weight is 284 g/mol. The predicted molar refractivity (Wildman–Crippen MR) is 78.6 cm³/mol. The lowest BCUT2D eigenvalue weighted by atomic mass is 9.84. The Balaban J connectivity index is 2.42. The van der Waals surface area contributed by atoms with Gasteiger partial charge in [-0.25, -0.2) is 4.79 Å². The molecule has 1 saturated carbocycles. The quantitative estimate of drug-likeness (QED) is 0.815. The van der Waals surface area contributed by atoms with Gasteiger partial charge in [-0.1, -0.05) is 13.3 Å². The van der Waals surface area contributed by atoms with Crippen LogP contribution < -0.4 is 5.32 Å². The van der Waals surface area contributed by atoms with Crippen molar-refractivity contribution in [2.24, 2.45) is 11.3 Å². The summed E-state index contributed by atoms with van der Waals surface area (Å²) in [6.07, 6.45) is 5.67. The molecule has 0 aromatic carbocycles. The first-order valence-corrected chi connectivity index (χ1v) is 7.52. The molecule has 2 amide bonds. The topological polar surface area (TPSA) is 69.6 Å². The van der Waals surface area contributed by atoms with E-state index in [0.29, 0.717) is 0 Å². The number of aliphatic carboxylic acids is 1. The van der Waals surface area contributed by atoms with Crippen LogP contribution in [-0.2, 0) is 4.79 Å². The van der Waals surface area contributed by atoms with Crippen molar-refractivity contribution in [1.29, 1.82) is 0 Å². The van der Waals surface area contributed by atoms with Crippen molar-refractivity contribution in [2.75, 3.05) is 13.6 Å². The third-order valence-corrected chi connectivity index (χ3v) is 4.52. The summed E-state index contributed by atoms with van der Waals surface area (Å²) in [4.78, 5) is 24.8. The molecule has 0 radical (unpaired) electrons. The van der Waals surface area contributed by atoms with Crippen molar-refractivity contribution in [3.8, 4) is 0 Å². The molecule has 0 heterocycles. The maximum Gasteiger partial charge on any atom is 0.317 e. The van der Waals surface area contributed by atoms with E-state index in [0.717, 1.165) is 18.8 Å². The molecular formula is C15H28N2O3. The van der Waals surface area contributed by atoms with Crippen LogP contribution in [0.4, 0.5) is 4.79 Å². The van der Waals surface area contributed by atoms with Gasteiger partial charge in [0.05, 0.1) is 5.41 Å². The smallest absolute Gasteiger partial charge is 0.317 e. The lowest BCUT2D eigenvalue weighted by molar-refractivity contribution is -0.146. The third kappa shape index (κ3) is 4.39. The highest BCUT2D eigenvalue weighted by atomic mass is 16.4. The van der Waals surface area contributed by atoms with Gasteiger partial charge in [0.1, 0.15) is 0 Å². The maximum atomic E-state index is 12.1. The van der Waals surface area contributed by atoms with Crippen LogP contribution in [-0.4, -0.2) is 41.6 Å². The molecule has 0 atom stereocenters. The second kappa shape index (κ2) is 6.95. The average Bonchev–Trinajstić information content (AvgIpc) is 2.44. The number of rotatable bonds is 5. The Kier molecular flexibility index (Phi) is 5.84. The summed E-state index contributed by atoms with van der Waals surface area (Å²) >= 11 is 0. The molecule has 5 nitrogen and oxygen atoms in total. The van der Waals surface area contributed by atoms with Crippen molar-refractivity contribution >= 4 is 12.0 Å². The van der Waals surface area contributed by atoms with E-state index in [9.17, 15) is 9.59 Å². The molecule has 116 valence electrons. The normalized spacial score (nSPS) is 23.2. The molecular weight excluding hydrogens is 256 g/mol. The van der Waals surface area contributed by atoms with E-state index in [1.165, 1.54) is 19.3 Å². The summed E-state index contributed by atoms with van der Waals surface area (Å²) in [5.41, 5.74) is -0.934. The van der Waals surface area contributed by atoms with Gasteiger partial charge in [0.15, 0.2) is 0 Å². The summed E-state index contributed by atoms with van der Waals surface area (Å²) in [6, 6.07) is 0.116. The fraction of sp³-hybridized carbons (Fsp3) is 0.867. The van der Waals surface area contributed by atoms with Crippen molar-refractivity contribution in [3.63, 3.8) is 0 Å². The molecule has 5 heteroatoms. The number of hydrogen-bond donors (Lipinski definition) is 2. The van der Waals surface area contributed by atoms with E-state index < -0.39 is 11.4 Å². The molecule has 20 heavy (non-hydrogen) atoms. The van der Waals surface area contributed by atoms with Gasteiger partial charge in [-0.05, 0) is 45.4 Å². The van der Waals surface area contributed by atoms with E-state index in [1.807, 2.05) is 0 Å². The molecule has 0 bridgehead atoms. The van der Waals surface area contributed by atoms with Crippen LogP contribution in [0.1, 0.15) is 52.9 Å².